The Balaban J connectivity index is 2.04. The summed E-state index contributed by atoms with van der Waals surface area (Å²) >= 11 is 0. The molecule has 1 aromatic rings. The highest BCUT2D eigenvalue weighted by atomic mass is 16.3. The molecule has 0 saturated heterocycles. The van der Waals surface area contributed by atoms with Crippen LogP contribution >= 0.6 is 0 Å². The lowest BCUT2D eigenvalue weighted by molar-refractivity contribution is -0.133. The summed E-state index contributed by atoms with van der Waals surface area (Å²) in [6, 6.07) is 1.85. The second-order valence-electron chi connectivity index (χ2n) is 4.07. The average molecular weight is 237 g/mol. The quantitative estimate of drug-likeness (QED) is 0.729. The van der Waals surface area contributed by atoms with Crippen LogP contribution in [-0.4, -0.2) is 44.7 Å². The maximum atomic E-state index is 12.0. The highest BCUT2D eigenvalue weighted by Crippen LogP contribution is 2.26. The number of aliphatic hydroxyl groups excluding tert-OH is 1. The molecule has 1 aliphatic carbocycles. The zero-order valence-corrected chi connectivity index (χ0v) is 9.45. The van der Waals surface area contributed by atoms with E-state index in [1.807, 2.05) is 0 Å². The van der Waals surface area contributed by atoms with Gasteiger partial charge in [0.1, 0.15) is 6.54 Å². The highest BCUT2D eigenvalue weighted by Gasteiger charge is 2.31. The van der Waals surface area contributed by atoms with Crippen LogP contribution in [0.2, 0.25) is 0 Å². The SMILES string of the molecule is O=C(Cn1cccnc1=O)N(CCO)C1CC1. The zero-order chi connectivity index (χ0) is 12.3. The van der Waals surface area contributed by atoms with E-state index in [0.717, 1.165) is 12.8 Å². The van der Waals surface area contributed by atoms with Gasteiger partial charge < -0.3 is 10.0 Å². The minimum Gasteiger partial charge on any atom is -0.395 e. The van der Waals surface area contributed by atoms with E-state index < -0.39 is 5.69 Å². The molecule has 0 atom stereocenters. The molecule has 92 valence electrons. The lowest BCUT2D eigenvalue weighted by Crippen LogP contribution is -2.39. The van der Waals surface area contributed by atoms with Crippen LogP contribution in [0.3, 0.4) is 0 Å². The van der Waals surface area contributed by atoms with Crippen LogP contribution in [0, 0.1) is 0 Å². The topological polar surface area (TPSA) is 75.4 Å². The van der Waals surface area contributed by atoms with Gasteiger partial charge in [-0.2, -0.15) is 0 Å². The van der Waals surface area contributed by atoms with Crippen molar-refractivity contribution in [3.8, 4) is 0 Å². The summed E-state index contributed by atoms with van der Waals surface area (Å²) < 4.78 is 1.27. The monoisotopic (exact) mass is 237 g/mol. The first-order chi connectivity index (χ1) is 8.22. The zero-order valence-electron chi connectivity index (χ0n) is 9.45. The van der Waals surface area contributed by atoms with Gasteiger partial charge in [0.15, 0.2) is 0 Å². The number of nitrogens with zero attached hydrogens (tertiary/aromatic N) is 3. The van der Waals surface area contributed by atoms with Crippen molar-refractivity contribution < 1.29 is 9.90 Å². The summed E-state index contributed by atoms with van der Waals surface area (Å²) in [7, 11) is 0. The van der Waals surface area contributed by atoms with Crippen molar-refractivity contribution in [3.63, 3.8) is 0 Å². The van der Waals surface area contributed by atoms with E-state index in [9.17, 15) is 9.59 Å². The molecule has 1 amide bonds. The molecule has 1 aromatic heterocycles. The average Bonchev–Trinajstić information content (AvgIpc) is 3.13. The number of carbonyl (C=O) groups excluding carboxylic acids is 1. The van der Waals surface area contributed by atoms with E-state index in [2.05, 4.69) is 4.98 Å². The minimum absolute atomic E-state index is 0.0107. The maximum absolute atomic E-state index is 12.0. The molecule has 0 aliphatic heterocycles. The Morgan fingerprint density at radius 2 is 2.35 bits per heavy atom. The number of amides is 1. The van der Waals surface area contributed by atoms with E-state index in [-0.39, 0.29) is 25.1 Å². The summed E-state index contributed by atoms with van der Waals surface area (Å²) in [6.07, 6.45) is 4.90. The fourth-order valence-electron chi connectivity index (χ4n) is 1.75. The van der Waals surface area contributed by atoms with Gasteiger partial charge in [-0.3, -0.25) is 9.36 Å². The number of hydrogen-bond acceptors (Lipinski definition) is 4. The Kier molecular flexibility index (Phi) is 3.53. The smallest absolute Gasteiger partial charge is 0.347 e. The molecule has 0 spiro atoms. The Morgan fingerprint density at radius 3 is 2.94 bits per heavy atom. The fourth-order valence-corrected chi connectivity index (χ4v) is 1.75. The molecule has 1 fully saturated rings. The summed E-state index contributed by atoms with van der Waals surface area (Å²) in [5.74, 6) is -0.142. The van der Waals surface area contributed by atoms with E-state index in [1.54, 1.807) is 11.0 Å². The van der Waals surface area contributed by atoms with Crippen molar-refractivity contribution >= 4 is 5.91 Å². The van der Waals surface area contributed by atoms with Gasteiger partial charge >= 0.3 is 5.69 Å². The molecule has 2 rings (SSSR count). The first-order valence-electron chi connectivity index (χ1n) is 5.64. The summed E-state index contributed by atoms with van der Waals surface area (Å²) in [4.78, 5) is 28.5. The number of hydrogen-bond donors (Lipinski definition) is 1. The predicted octanol–water partition coefficient (Wildman–Crippen LogP) is -0.773. The molecule has 6 nitrogen and oxygen atoms in total. The molecule has 1 saturated carbocycles. The molecule has 1 heterocycles. The summed E-state index contributed by atoms with van der Waals surface area (Å²) in [5.41, 5.74) is -0.430. The third kappa shape index (κ3) is 2.91. The first-order valence-corrected chi connectivity index (χ1v) is 5.64. The van der Waals surface area contributed by atoms with Crippen molar-refractivity contribution in [2.45, 2.75) is 25.4 Å². The van der Waals surface area contributed by atoms with Crippen LogP contribution in [0.25, 0.3) is 0 Å². The Morgan fingerprint density at radius 1 is 1.59 bits per heavy atom. The molecule has 0 unspecified atom stereocenters. The molecule has 0 aromatic carbocycles. The molecule has 0 bridgehead atoms. The van der Waals surface area contributed by atoms with Gasteiger partial charge in [0.05, 0.1) is 6.61 Å². The molecule has 17 heavy (non-hydrogen) atoms. The van der Waals surface area contributed by atoms with Gasteiger partial charge in [-0.1, -0.05) is 0 Å². The number of carbonyl (C=O) groups is 1. The van der Waals surface area contributed by atoms with Crippen LogP contribution in [-0.2, 0) is 11.3 Å². The normalized spacial score (nSPS) is 14.6. The third-order valence-corrected chi connectivity index (χ3v) is 2.74. The van der Waals surface area contributed by atoms with Gasteiger partial charge in [-0.05, 0) is 18.9 Å². The van der Waals surface area contributed by atoms with E-state index >= 15 is 0 Å². The van der Waals surface area contributed by atoms with Crippen LogP contribution in [0.15, 0.2) is 23.3 Å². The van der Waals surface area contributed by atoms with Gasteiger partial charge in [0.2, 0.25) is 5.91 Å². The van der Waals surface area contributed by atoms with Crippen molar-refractivity contribution in [1.29, 1.82) is 0 Å². The van der Waals surface area contributed by atoms with Gasteiger partial charge in [0, 0.05) is 25.0 Å². The number of aromatic nitrogens is 2. The standard InChI is InChI=1S/C11H15N3O3/c15-7-6-14(9-2-3-9)10(16)8-13-5-1-4-12-11(13)17/h1,4-5,9,15H,2-3,6-8H2. The van der Waals surface area contributed by atoms with E-state index in [4.69, 9.17) is 5.11 Å². The van der Waals surface area contributed by atoms with Crippen molar-refractivity contribution in [2.75, 3.05) is 13.2 Å². The lowest BCUT2D eigenvalue weighted by Gasteiger charge is -2.21. The highest BCUT2D eigenvalue weighted by molar-refractivity contribution is 5.76. The minimum atomic E-state index is -0.430. The molecule has 1 aliphatic rings. The second kappa shape index (κ2) is 5.09. The fraction of sp³-hybridized carbons (Fsp3) is 0.545. The van der Waals surface area contributed by atoms with E-state index in [1.165, 1.54) is 17.0 Å². The summed E-state index contributed by atoms with van der Waals surface area (Å²) in [6.45, 7) is 0.270. The van der Waals surface area contributed by atoms with Crippen LogP contribution < -0.4 is 5.69 Å². The first kappa shape index (κ1) is 11.8. The van der Waals surface area contributed by atoms with Crippen LogP contribution in [0.4, 0.5) is 0 Å². The van der Waals surface area contributed by atoms with Gasteiger partial charge in [-0.15, -0.1) is 0 Å². The molecular formula is C11H15N3O3. The Hall–Kier alpha value is -1.69. The largest absolute Gasteiger partial charge is 0.395 e. The predicted molar refractivity (Wildman–Crippen MR) is 60.3 cm³/mol. The second-order valence-corrected chi connectivity index (χ2v) is 4.07. The Labute approximate surface area is 98.5 Å². The maximum Gasteiger partial charge on any atom is 0.347 e. The van der Waals surface area contributed by atoms with Crippen molar-refractivity contribution in [2.24, 2.45) is 0 Å². The number of aliphatic hydroxyl groups is 1. The molecular weight excluding hydrogens is 222 g/mol. The molecule has 1 N–H and O–H groups in total. The van der Waals surface area contributed by atoms with Gasteiger partial charge in [-0.25, -0.2) is 9.78 Å². The van der Waals surface area contributed by atoms with Gasteiger partial charge in [0.25, 0.3) is 0 Å². The third-order valence-electron chi connectivity index (χ3n) is 2.74. The number of rotatable bonds is 5. The van der Waals surface area contributed by atoms with Crippen molar-refractivity contribution in [3.05, 3.63) is 28.9 Å². The molecule has 6 heteroatoms. The lowest BCUT2D eigenvalue weighted by atomic mass is 10.4. The molecule has 0 radical (unpaired) electrons. The van der Waals surface area contributed by atoms with Crippen LogP contribution in [0.1, 0.15) is 12.8 Å². The Bertz CT molecular complexity index is 453. The van der Waals surface area contributed by atoms with E-state index in [0.29, 0.717) is 6.54 Å². The summed E-state index contributed by atoms with van der Waals surface area (Å²) in [5, 5.41) is 8.91. The van der Waals surface area contributed by atoms with Crippen molar-refractivity contribution in [1.82, 2.24) is 14.5 Å². The van der Waals surface area contributed by atoms with Crippen LogP contribution in [0.5, 0.6) is 0 Å².